The van der Waals surface area contributed by atoms with Crippen LogP contribution in [-0.2, 0) is 27.4 Å². The molecule has 8 heteroatoms. The summed E-state index contributed by atoms with van der Waals surface area (Å²) >= 11 is 0. The van der Waals surface area contributed by atoms with E-state index in [-0.39, 0.29) is 37.2 Å². The van der Waals surface area contributed by atoms with Crippen LogP contribution in [0.2, 0.25) is 0 Å². The summed E-state index contributed by atoms with van der Waals surface area (Å²) < 4.78 is 18.4. The SMILES string of the molecule is O=C1c2ccccc2C(=O)N1Cc1ccc([C@@H]2O[C@H](CN3CCOCC3)C[C@H](c3ccc(CO)cc3)O2)cc1. The zero-order chi connectivity index (χ0) is 26.8. The maximum Gasteiger partial charge on any atom is 0.261 e. The summed E-state index contributed by atoms with van der Waals surface area (Å²) in [6.45, 7) is 4.23. The molecule has 0 saturated carbocycles. The Balaban J connectivity index is 1.18. The van der Waals surface area contributed by atoms with E-state index in [9.17, 15) is 14.7 Å². The Kier molecular flexibility index (Phi) is 7.54. The molecule has 0 unspecified atom stereocenters. The van der Waals surface area contributed by atoms with Crippen LogP contribution in [0.5, 0.6) is 0 Å². The van der Waals surface area contributed by atoms with Gasteiger partial charge in [-0.1, -0.05) is 60.7 Å². The Morgan fingerprint density at radius 1 is 0.769 bits per heavy atom. The molecule has 1 N–H and O–H groups in total. The number of carbonyl (C=O) groups excluding carboxylic acids is 2. The van der Waals surface area contributed by atoms with Gasteiger partial charge in [-0.2, -0.15) is 0 Å². The second-order valence-corrected chi connectivity index (χ2v) is 10.2. The molecule has 0 aromatic heterocycles. The average Bonchev–Trinajstić information content (AvgIpc) is 3.23. The van der Waals surface area contributed by atoms with Crippen LogP contribution in [0, 0.1) is 0 Å². The number of hydrogen-bond acceptors (Lipinski definition) is 7. The van der Waals surface area contributed by atoms with E-state index in [1.807, 2.05) is 48.5 Å². The van der Waals surface area contributed by atoms with E-state index < -0.39 is 6.29 Å². The van der Waals surface area contributed by atoms with Gasteiger partial charge in [0.2, 0.25) is 0 Å². The van der Waals surface area contributed by atoms with Gasteiger partial charge in [0.05, 0.1) is 49.7 Å². The van der Waals surface area contributed by atoms with Gasteiger partial charge in [-0.15, -0.1) is 0 Å². The number of carbonyl (C=O) groups is 2. The van der Waals surface area contributed by atoms with Crippen LogP contribution in [0.15, 0.2) is 72.8 Å². The van der Waals surface area contributed by atoms with Crippen LogP contribution in [0.4, 0.5) is 0 Å². The van der Waals surface area contributed by atoms with Gasteiger partial charge in [-0.3, -0.25) is 19.4 Å². The third-order valence-electron chi connectivity index (χ3n) is 7.65. The maximum absolute atomic E-state index is 12.8. The van der Waals surface area contributed by atoms with Crippen molar-refractivity contribution >= 4 is 11.8 Å². The number of hydrogen-bond donors (Lipinski definition) is 1. The molecular formula is C31H32N2O6. The Morgan fingerprint density at radius 2 is 1.38 bits per heavy atom. The zero-order valence-corrected chi connectivity index (χ0v) is 21.7. The molecule has 3 aromatic rings. The van der Waals surface area contributed by atoms with Crippen LogP contribution >= 0.6 is 0 Å². The summed E-state index contributed by atoms with van der Waals surface area (Å²) in [5, 5.41) is 9.43. The molecule has 2 saturated heterocycles. The zero-order valence-electron chi connectivity index (χ0n) is 21.7. The van der Waals surface area contributed by atoms with Gasteiger partial charge < -0.3 is 19.3 Å². The molecule has 0 bridgehead atoms. The quantitative estimate of drug-likeness (QED) is 0.466. The first-order chi connectivity index (χ1) is 19.1. The molecule has 3 heterocycles. The molecule has 2 fully saturated rings. The van der Waals surface area contributed by atoms with Crippen molar-refractivity contribution in [1.29, 1.82) is 0 Å². The van der Waals surface area contributed by atoms with Gasteiger partial charge in [0.15, 0.2) is 6.29 Å². The standard InChI is InChI=1S/C31H32N2O6/c34-20-22-7-9-23(10-8-22)28-17-25(19-32-13-15-37-16-14-32)38-31(39-28)24-11-5-21(6-12-24)18-33-29(35)26-3-1-2-4-27(26)30(33)36/h1-12,25,28,31,34H,13-20H2/t25-,28+,31+/m0/s1. The van der Waals surface area contributed by atoms with Crippen LogP contribution in [0.3, 0.4) is 0 Å². The van der Waals surface area contributed by atoms with Crippen molar-refractivity contribution in [2.45, 2.75) is 38.1 Å². The van der Waals surface area contributed by atoms with Gasteiger partial charge in [-0.05, 0) is 28.8 Å². The molecule has 39 heavy (non-hydrogen) atoms. The highest BCUT2D eigenvalue weighted by Crippen LogP contribution is 2.38. The first-order valence-corrected chi connectivity index (χ1v) is 13.4. The van der Waals surface area contributed by atoms with E-state index in [4.69, 9.17) is 14.2 Å². The van der Waals surface area contributed by atoms with E-state index in [1.165, 1.54) is 4.90 Å². The number of benzene rings is 3. The van der Waals surface area contributed by atoms with Crippen molar-refractivity contribution < 1.29 is 28.9 Å². The van der Waals surface area contributed by atoms with Crippen molar-refractivity contribution in [3.63, 3.8) is 0 Å². The molecule has 3 aliphatic heterocycles. The van der Waals surface area contributed by atoms with Crippen molar-refractivity contribution in [2.24, 2.45) is 0 Å². The Bertz CT molecular complexity index is 1280. The number of morpholine rings is 1. The van der Waals surface area contributed by atoms with Crippen LogP contribution in [-0.4, -0.2) is 65.7 Å². The molecule has 6 rings (SSSR count). The van der Waals surface area contributed by atoms with Gasteiger partial charge in [0, 0.05) is 31.6 Å². The van der Waals surface area contributed by atoms with Crippen molar-refractivity contribution in [1.82, 2.24) is 9.80 Å². The van der Waals surface area contributed by atoms with Gasteiger partial charge >= 0.3 is 0 Å². The summed E-state index contributed by atoms with van der Waals surface area (Å²) in [4.78, 5) is 29.2. The summed E-state index contributed by atoms with van der Waals surface area (Å²) in [6, 6.07) is 22.5. The first-order valence-electron chi connectivity index (χ1n) is 13.4. The molecule has 3 atom stereocenters. The van der Waals surface area contributed by atoms with E-state index in [2.05, 4.69) is 4.90 Å². The van der Waals surface area contributed by atoms with E-state index in [0.29, 0.717) is 11.1 Å². The van der Waals surface area contributed by atoms with Crippen molar-refractivity contribution in [2.75, 3.05) is 32.8 Å². The normalized spacial score (nSPS) is 23.7. The molecule has 202 valence electrons. The highest BCUT2D eigenvalue weighted by Gasteiger charge is 2.36. The van der Waals surface area contributed by atoms with Crippen LogP contribution in [0.25, 0.3) is 0 Å². The average molecular weight is 529 g/mol. The molecule has 3 aliphatic rings. The fourth-order valence-electron chi connectivity index (χ4n) is 5.45. The van der Waals surface area contributed by atoms with E-state index >= 15 is 0 Å². The van der Waals surface area contributed by atoms with Crippen LogP contribution < -0.4 is 0 Å². The minimum Gasteiger partial charge on any atom is -0.392 e. The summed E-state index contributed by atoms with van der Waals surface area (Å²) in [6.07, 6.45) is -0.00642. The number of fused-ring (bicyclic) bond motifs is 1. The largest absolute Gasteiger partial charge is 0.392 e. The molecule has 0 aliphatic carbocycles. The number of imide groups is 1. The first kappa shape index (κ1) is 25.9. The van der Waals surface area contributed by atoms with E-state index in [0.717, 1.165) is 61.5 Å². The lowest BCUT2D eigenvalue weighted by molar-refractivity contribution is -0.253. The second kappa shape index (κ2) is 11.4. The monoisotopic (exact) mass is 528 g/mol. The molecule has 2 amide bonds. The summed E-state index contributed by atoms with van der Waals surface area (Å²) in [7, 11) is 0. The minimum atomic E-state index is -0.555. The van der Waals surface area contributed by atoms with Crippen molar-refractivity contribution in [3.05, 3.63) is 106 Å². The number of aliphatic hydroxyl groups excluding tert-OH is 1. The van der Waals surface area contributed by atoms with E-state index in [1.54, 1.807) is 24.3 Å². The van der Waals surface area contributed by atoms with Crippen LogP contribution in [0.1, 0.15) is 61.8 Å². The third kappa shape index (κ3) is 5.52. The van der Waals surface area contributed by atoms with Gasteiger partial charge in [0.25, 0.3) is 11.8 Å². The number of amides is 2. The summed E-state index contributed by atoms with van der Waals surface area (Å²) in [5.41, 5.74) is 4.55. The lowest BCUT2D eigenvalue weighted by Crippen LogP contribution is -2.44. The lowest BCUT2D eigenvalue weighted by Gasteiger charge is -2.39. The number of rotatable bonds is 7. The fourth-order valence-corrected chi connectivity index (χ4v) is 5.45. The number of nitrogens with zero attached hydrogens (tertiary/aromatic N) is 2. The molecule has 3 aromatic carbocycles. The minimum absolute atomic E-state index is 0.00422. The summed E-state index contributed by atoms with van der Waals surface area (Å²) in [5.74, 6) is -0.528. The predicted molar refractivity (Wildman–Crippen MR) is 143 cm³/mol. The maximum atomic E-state index is 12.8. The Morgan fingerprint density at radius 3 is 2.03 bits per heavy atom. The third-order valence-corrected chi connectivity index (χ3v) is 7.65. The van der Waals surface area contributed by atoms with Crippen molar-refractivity contribution in [3.8, 4) is 0 Å². The highest BCUT2D eigenvalue weighted by atomic mass is 16.7. The Hall–Kier alpha value is -3.40. The number of aliphatic hydroxyl groups is 1. The molecular weight excluding hydrogens is 496 g/mol. The topological polar surface area (TPSA) is 88.5 Å². The predicted octanol–water partition coefficient (Wildman–Crippen LogP) is 3.85. The van der Waals surface area contributed by atoms with Gasteiger partial charge in [-0.25, -0.2) is 0 Å². The number of ether oxygens (including phenoxy) is 3. The second-order valence-electron chi connectivity index (χ2n) is 10.2. The fraction of sp³-hybridized carbons (Fsp3) is 0.355. The molecule has 0 spiro atoms. The lowest BCUT2D eigenvalue weighted by atomic mass is 9.99. The van der Waals surface area contributed by atoms with Gasteiger partial charge in [0.1, 0.15) is 0 Å². The molecule has 8 nitrogen and oxygen atoms in total. The molecule has 0 radical (unpaired) electrons. The Labute approximate surface area is 227 Å². The smallest absolute Gasteiger partial charge is 0.261 e. The highest BCUT2D eigenvalue weighted by molar-refractivity contribution is 6.21.